The molecule has 3 rings (SSSR count). The van der Waals surface area contributed by atoms with Crippen LogP contribution < -0.4 is 11.2 Å². The molecule has 0 saturated carbocycles. The molecule has 1 aromatic heterocycles. The number of fused-ring (bicyclic) bond motifs is 1. The Morgan fingerprint density at radius 1 is 1.25 bits per heavy atom. The lowest BCUT2D eigenvalue weighted by atomic mass is 10.1. The highest BCUT2D eigenvalue weighted by Crippen LogP contribution is 2.29. The topological polar surface area (TPSA) is 92.6 Å². The van der Waals surface area contributed by atoms with Gasteiger partial charge in [0, 0.05) is 6.42 Å². The summed E-state index contributed by atoms with van der Waals surface area (Å²) < 4.78 is 1.74. The van der Waals surface area contributed by atoms with Gasteiger partial charge in [-0.1, -0.05) is 30.3 Å². The summed E-state index contributed by atoms with van der Waals surface area (Å²) in [6.45, 7) is 0. The zero-order valence-electron chi connectivity index (χ0n) is 10.6. The average Bonchev–Trinajstić information content (AvgIpc) is 2.87. The number of aryl methyl sites for hydroxylation is 2. The Kier molecular flexibility index (Phi) is 3.31. The van der Waals surface area contributed by atoms with E-state index in [1.54, 1.807) is 4.68 Å². The zero-order chi connectivity index (χ0) is 13.9. The third kappa shape index (κ3) is 2.33. The molecule has 1 aliphatic heterocycles. The molecule has 7 heteroatoms. The first-order chi connectivity index (χ1) is 9.78. The monoisotopic (exact) mass is 284 g/mol. The van der Waals surface area contributed by atoms with Crippen LogP contribution in [0.15, 0.2) is 46.2 Å². The van der Waals surface area contributed by atoms with Crippen LogP contribution in [0.3, 0.4) is 0 Å². The van der Waals surface area contributed by atoms with Gasteiger partial charge < -0.3 is 5.73 Å². The minimum absolute atomic E-state index is 0.339. The fourth-order valence-corrected chi connectivity index (χ4v) is 2.65. The Morgan fingerprint density at radius 2 is 2.05 bits per heavy atom. The number of hydrogen-bond donors (Lipinski definition) is 2. The van der Waals surface area contributed by atoms with E-state index in [2.05, 4.69) is 27.8 Å². The van der Waals surface area contributed by atoms with Gasteiger partial charge in [0.2, 0.25) is 5.16 Å². The second-order valence-corrected chi connectivity index (χ2v) is 5.27. The maximum atomic E-state index is 8.94. The van der Waals surface area contributed by atoms with E-state index >= 15 is 0 Å². The minimum Gasteiger partial charge on any atom is -0.383 e. The summed E-state index contributed by atoms with van der Waals surface area (Å²) in [5.41, 5.74) is 9.98. The molecule has 0 unspecified atom stereocenters. The largest absolute Gasteiger partial charge is 0.383 e. The number of aromatic nitrogens is 3. The molecule has 2 heterocycles. The van der Waals surface area contributed by atoms with Gasteiger partial charge in [-0.05, 0) is 23.7 Å². The van der Waals surface area contributed by atoms with Crippen molar-refractivity contribution in [3.63, 3.8) is 0 Å². The summed E-state index contributed by atoms with van der Waals surface area (Å²) in [4.78, 5) is 0.416. The first-order valence-electron chi connectivity index (χ1n) is 6.11. The van der Waals surface area contributed by atoms with E-state index in [0.717, 1.165) is 18.7 Å². The lowest BCUT2D eigenvalue weighted by Gasteiger charge is -2.17. The van der Waals surface area contributed by atoms with E-state index in [-0.39, 0.29) is 0 Å². The Balaban J connectivity index is 1.76. The van der Waals surface area contributed by atoms with Crippen molar-refractivity contribution in [2.75, 3.05) is 5.43 Å². The highest BCUT2D eigenvalue weighted by atomic mass is 32.2. The molecule has 0 bridgehead atoms. The molecule has 1 aromatic carbocycles. The Hall–Kier alpha value is -2.46. The van der Waals surface area contributed by atoms with E-state index in [4.69, 9.17) is 11.0 Å². The zero-order valence-corrected chi connectivity index (χ0v) is 11.4. The number of rotatable bonds is 3. The standard InChI is InChI=1S/C13H12N6S/c14-8-10-12(15)18-19-11(16-17-13(19)20-10)7-6-9-4-2-1-3-5-9/h1-5,18H,6-7,15H2. The molecule has 1 aliphatic rings. The second kappa shape index (κ2) is 5.27. The quantitative estimate of drug-likeness (QED) is 0.884. The fraction of sp³-hybridized carbons (Fsp3) is 0.154. The van der Waals surface area contributed by atoms with Gasteiger partial charge in [-0.25, -0.2) is 4.68 Å². The van der Waals surface area contributed by atoms with Crippen molar-refractivity contribution in [1.82, 2.24) is 14.9 Å². The molecular weight excluding hydrogens is 272 g/mol. The predicted octanol–water partition coefficient (Wildman–Crippen LogP) is 1.36. The maximum Gasteiger partial charge on any atom is 0.215 e. The summed E-state index contributed by atoms with van der Waals surface area (Å²) in [6.07, 6.45) is 1.62. The van der Waals surface area contributed by atoms with Gasteiger partial charge in [-0.15, -0.1) is 10.2 Å². The summed E-state index contributed by atoms with van der Waals surface area (Å²) >= 11 is 1.23. The number of hydrogen-bond acceptors (Lipinski definition) is 6. The summed E-state index contributed by atoms with van der Waals surface area (Å²) in [7, 11) is 0. The Labute approximate surface area is 120 Å². The van der Waals surface area contributed by atoms with Gasteiger partial charge in [0.15, 0.2) is 5.82 Å². The van der Waals surface area contributed by atoms with Crippen molar-refractivity contribution >= 4 is 11.8 Å². The van der Waals surface area contributed by atoms with Crippen LogP contribution in [-0.4, -0.2) is 14.9 Å². The van der Waals surface area contributed by atoms with Crippen molar-refractivity contribution in [3.05, 3.63) is 52.4 Å². The van der Waals surface area contributed by atoms with Crippen LogP contribution in [0.4, 0.5) is 0 Å². The number of thioether (sulfide) groups is 1. The number of nitrogens with zero attached hydrogens (tertiary/aromatic N) is 4. The lowest BCUT2D eigenvalue weighted by Crippen LogP contribution is -2.27. The van der Waals surface area contributed by atoms with Crippen molar-refractivity contribution in [3.8, 4) is 6.07 Å². The maximum absolute atomic E-state index is 8.94. The number of nitrogens with two attached hydrogens (primary N) is 1. The van der Waals surface area contributed by atoms with Crippen molar-refractivity contribution < 1.29 is 0 Å². The minimum atomic E-state index is 0.339. The van der Waals surface area contributed by atoms with Crippen LogP contribution in [0.25, 0.3) is 0 Å². The van der Waals surface area contributed by atoms with E-state index in [0.29, 0.717) is 15.9 Å². The smallest absolute Gasteiger partial charge is 0.215 e. The van der Waals surface area contributed by atoms with Crippen LogP contribution in [0.1, 0.15) is 11.4 Å². The molecule has 0 aliphatic carbocycles. The highest BCUT2D eigenvalue weighted by molar-refractivity contribution is 8.03. The molecule has 0 spiro atoms. The highest BCUT2D eigenvalue weighted by Gasteiger charge is 2.21. The van der Waals surface area contributed by atoms with Gasteiger partial charge in [0.25, 0.3) is 0 Å². The third-order valence-corrected chi connectivity index (χ3v) is 3.91. The van der Waals surface area contributed by atoms with Gasteiger partial charge in [-0.2, -0.15) is 5.26 Å². The molecule has 0 saturated heterocycles. The average molecular weight is 284 g/mol. The van der Waals surface area contributed by atoms with Gasteiger partial charge in [-0.3, -0.25) is 5.43 Å². The molecule has 20 heavy (non-hydrogen) atoms. The first-order valence-corrected chi connectivity index (χ1v) is 6.92. The van der Waals surface area contributed by atoms with E-state index in [1.807, 2.05) is 24.3 Å². The normalized spacial score (nSPS) is 13.6. The van der Waals surface area contributed by atoms with E-state index in [1.165, 1.54) is 17.3 Å². The molecule has 100 valence electrons. The van der Waals surface area contributed by atoms with Crippen molar-refractivity contribution in [1.29, 1.82) is 5.26 Å². The van der Waals surface area contributed by atoms with Gasteiger partial charge in [0.05, 0.1) is 0 Å². The molecule has 0 radical (unpaired) electrons. The van der Waals surface area contributed by atoms with Crippen LogP contribution in [-0.2, 0) is 12.8 Å². The summed E-state index contributed by atoms with van der Waals surface area (Å²) in [5, 5.41) is 17.8. The van der Waals surface area contributed by atoms with Crippen LogP contribution >= 0.6 is 11.8 Å². The SMILES string of the molecule is N#CC1=C(N)Nn2c(CCc3ccccc3)nnc2S1. The predicted molar refractivity (Wildman–Crippen MR) is 75.9 cm³/mol. The van der Waals surface area contributed by atoms with Gasteiger partial charge >= 0.3 is 0 Å². The summed E-state index contributed by atoms with van der Waals surface area (Å²) in [6, 6.07) is 12.2. The van der Waals surface area contributed by atoms with E-state index < -0.39 is 0 Å². The Bertz CT molecular complexity index is 697. The molecule has 6 nitrogen and oxygen atoms in total. The first kappa shape index (κ1) is 12.6. The Morgan fingerprint density at radius 3 is 2.80 bits per heavy atom. The van der Waals surface area contributed by atoms with Crippen molar-refractivity contribution in [2.24, 2.45) is 5.73 Å². The fourth-order valence-electron chi connectivity index (χ4n) is 1.94. The molecule has 0 atom stereocenters. The van der Waals surface area contributed by atoms with Crippen molar-refractivity contribution in [2.45, 2.75) is 18.0 Å². The number of benzene rings is 1. The van der Waals surface area contributed by atoms with Gasteiger partial charge in [0.1, 0.15) is 16.8 Å². The molecule has 3 N–H and O–H groups in total. The van der Waals surface area contributed by atoms with E-state index in [9.17, 15) is 0 Å². The van der Waals surface area contributed by atoms with Crippen LogP contribution in [0.5, 0.6) is 0 Å². The second-order valence-electron chi connectivity index (χ2n) is 4.29. The molecule has 0 amide bonds. The molecule has 2 aromatic rings. The third-order valence-electron chi connectivity index (χ3n) is 2.95. The lowest BCUT2D eigenvalue weighted by molar-refractivity contribution is 0.727. The van der Waals surface area contributed by atoms with Crippen LogP contribution in [0, 0.1) is 11.3 Å². The van der Waals surface area contributed by atoms with Crippen LogP contribution in [0.2, 0.25) is 0 Å². The number of allylic oxidation sites excluding steroid dienone is 1. The summed E-state index contributed by atoms with van der Waals surface area (Å²) in [5.74, 6) is 1.14. The number of nitriles is 1. The molecular formula is C13H12N6S. The number of nitrogens with one attached hydrogen (secondary N) is 1. The molecule has 0 fully saturated rings.